The van der Waals surface area contributed by atoms with Gasteiger partial charge in [-0.1, -0.05) is 12.1 Å². The molecule has 2 aromatic heterocycles. The van der Waals surface area contributed by atoms with Gasteiger partial charge < -0.3 is 9.73 Å². The summed E-state index contributed by atoms with van der Waals surface area (Å²) in [6, 6.07) is 9.69. The normalized spacial score (nSPS) is 13.3. The number of nitrogens with zero attached hydrogens (tertiary/aromatic N) is 2. The molecular weight excluding hydrogens is 295 g/mol. The maximum Gasteiger partial charge on any atom is 0.451 e. The van der Waals surface area contributed by atoms with Crippen LogP contribution < -0.4 is 5.32 Å². The highest BCUT2D eigenvalue weighted by Gasteiger charge is 2.35. The molecule has 1 N–H and O–H groups in total. The molecule has 114 valence electrons. The molecule has 22 heavy (non-hydrogen) atoms. The van der Waals surface area contributed by atoms with E-state index < -0.39 is 12.0 Å². The fourth-order valence-electron chi connectivity index (χ4n) is 2.13. The zero-order valence-electron chi connectivity index (χ0n) is 11.6. The highest BCUT2D eigenvalue weighted by molar-refractivity contribution is 5.89. The highest BCUT2D eigenvalue weighted by Crippen LogP contribution is 2.31. The van der Waals surface area contributed by atoms with Crippen LogP contribution in [0.5, 0.6) is 0 Å². The summed E-state index contributed by atoms with van der Waals surface area (Å²) in [4.78, 5) is 7.21. The average molecular weight is 307 g/mol. The van der Waals surface area contributed by atoms with Gasteiger partial charge >= 0.3 is 6.18 Å². The Hall–Kier alpha value is -2.57. The molecule has 0 fully saturated rings. The van der Waals surface area contributed by atoms with Gasteiger partial charge in [-0.25, -0.2) is 9.97 Å². The highest BCUT2D eigenvalue weighted by atomic mass is 19.4. The quantitative estimate of drug-likeness (QED) is 0.778. The van der Waals surface area contributed by atoms with Crippen LogP contribution in [0.3, 0.4) is 0 Å². The van der Waals surface area contributed by atoms with Crippen LogP contribution in [0.4, 0.5) is 19.0 Å². The van der Waals surface area contributed by atoms with Crippen molar-refractivity contribution in [3.05, 3.63) is 54.2 Å². The van der Waals surface area contributed by atoms with Crippen LogP contribution in [0.25, 0.3) is 10.9 Å². The molecule has 0 saturated carbocycles. The minimum atomic E-state index is -4.60. The lowest BCUT2D eigenvalue weighted by atomic mass is 10.2. The standard InChI is InChI=1S/C15H12F3N3O/c1-9(12-7-4-8-22-12)19-13-10-5-2-3-6-11(10)20-14(21-13)15(16,17)18/h2-9H,1H3,(H,19,20,21). The maximum absolute atomic E-state index is 12.9. The third-order valence-electron chi connectivity index (χ3n) is 3.18. The van der Waals surface area contributed by atoms with E-state index in [0.717, 1.165) is 0 Å². The fraction of sp³-hybridized carbons (Fsp3) is 0.200. The van der Waals surface area contributed by atoms with Gasteiger partial charge in [0.05, 0.1) is 17.8 Å². The van der Waals surface area contributed by atoms with Crippen LogP contribution in [0.15, 0.2) is 47.1 Å². The molecule has 3 aromatic rings. The van der Waals surface area contributed by atoms with Crippen molar-refractivity contribution in [2.45, 2.75) is 19.1 Å². The van der Waals surface area contributed by atoms with Crippen molar-refractivity contribution >= 4 is 16.7 Å². The molecule has 0 aliphatic carbocycles. The predicted octanol–water partition coefficient (Wildman–Crippen LogP) is 4.41. The molecule has 0 amide bonds. The Bertz CT molecular complexity index is 784. The van der Waals surface area contributed by atoms with Crippen LogP contribution in [-0.4, -0.2) is 9.97 Å². The number of halogens is 3. The van der Waals surface area contributed by atoms with Gasteiger partial charge in [-0.2, -0.15) is 13.2 Å². The number of benzene rings is 1. The van der Waals surface area contributed by atoms with E-state index in [1.807, 2.05) is 0 Å². The van der Waals surface area contributed by atoms with E-state index in [0.29, 0.717) is 11.1 Å². The SMILES string of the molecule is CC(Nc1nc(C(F)(F)F)nc2ccccc12)c1ccco1. The van der Waals surface area contributed by atoms with Gasteiger partial charge in [0.15, 0.2) is 0 Å². The van der Waals surface area contributed by atoms with E-state index in [9.17, 15) is 13.2 Å². The molecule has 1 aromatic carbocycles. The number of nitrogens with one attached hydrogen (secondary N) is 1. The van der Waals surface area contributed by atoms with E-state index >= 15 is 0 Å². The summed E-state index contributed by atoms with van der Waals surface area (Å²) in [6.45, 7) is 1.78. The topological polar surface area (TPSA) is 51.0 Å². The molecule has 0 aliphatic rings. The van der Waals surface area contributed by atoms with Gasteiger partial charge in [-0.05, 0) is 31.2 Å². The smallest absolute Gasteiger partial charge is 0.451 e. The van der Waals surface area contributed by atoms with Crippen molar-refractivity contribution in [1.29, 1.82) is 0 Å². The van der Waals surface area contributed by atoms with Crippen LogP contribution in [0.2, 0.25) is 0 Å². The van der Waals surface area contributed by atoms with Gasteiger partial charge in [0.1, 0.15) is 11.6 Å². The van der Waals surface area contributed by atoms with Crippen molar-refractivity contribution in [2.75, 3.05) is 5.32 Å². The van der Waals surface area contributed by atoms with E-state index in [-0.39, 0.29) is 17.4 Å². The van der Waals surface area contributed by atoms with Gasteiger partial charge in [0.25, 0.3) is 0 Å². The zero-order chi connectivity index (χ0) is 15.7. The Kier molecular flexibility index (Phi) is 3.48. The molecule has 2 heterocycles. The Balaban J connectivity index is 2.07. The summed E-state index contributed by atoms with van der Waals surface area (Å²) in [7, 11) is 0. The molecule has 1 unspecified atom stereocenters. The third-order valence-corrected chi connectivity index (χ3v) is 3.18. The second kappa shape index (κ2) is 5.32. The van der Waals surface area contributed by atoms with Crippen molar-refractivity contribution in [1.82, 2.24) is 9.97 Å². The molecular formula is C15H12F3N3O. The van der Waals surface area contributed by atoms with Gasteiger partial charge in [-0.3, -0.25) is 0 Å². The van der Waals surface area contributed by atoms with Crippen LogP contribution in [0.1, 0.15) is 24.6 Å². The molecule has 0 saturated heterocycles. The van der Waals surface area contributed by atoms with Crippen molar-refractivity contribution in [3.8, 4) is 0 Å². The number of rotatable bonds is 3. The third kappa shape index (κ3) is 2.74. The van der Waals surface area contributed by atoms with Crippen molar-refractivity contribution < 1.29 is 17.6 Å². The Morgan fingerprint density at radius 3 is 2.55 bits per heavy atom. The van der Waals surface area contributed by atoms with Gasteiger partial charge in [0.2, 0.25) is 5.82 Å². The van der Waals surface area contributed by atoms with Crippen molar-refractivity contribution in [3.63, 3.8) is 0 Å². The lowest BCUT2D eigenvalue weighted by Gasteiger charge is -2.15. The minimum Gasteiger partial charge on any atom is -0.467 e. The second-order valence-corrected chi connectivity index (χ2v) is 4.79. The number of fused-ring (bicyclic) bond motifs is 1. The van der Waals surface area contributed by atoms with E-state index in [1.54, 1.807) is 37.3 Å². The molecule has 0 bridgehead atoms. The monoisotopic (exact) mass is 307 g/mol. The molecule has 3 rings (SSSR count). The maximum atomic E-state index is 12.9. The first-order chi connectivity index (χ1) is 10.4. The van der Waals surface area contributed by atoms with Crippen LogP contribution >= 0.6 is 0 Å². The number of hydrogen-bond acceptors (Lipinski definition) is 4. The van der Waals surface area contributed by atoms with E-state index in [1.165, 1.54) is 12.3 Å². The number of aromatic nitrogens is 2. The number of anilines is 1. The summed E-state index contributed by atoms with van der Waals surface area (Å²) >= 11 is 0. The molecule has 0 radical (unpaired) electrons. The Morgan fingerprint density at radius 1 is 1.09 bits per heavy atom. The van der Waals surface area contributed by atoms with Crippen LogP contribution in [0, 0.1) is 0 Å². The first-order valence-corrected chi connectivity index (χ1v) is 6.59. The summed E-state index contributed by atoms with van der Waals surface area (Å²) in [5.41, 5.74) is 0.235. The first kappa shape index (κ1) is 14.4. The number of hydrogen-bond donors (Lipinski definition) is 1. The second-order valence-electron chi connectivity index (χ2n) is 4.79. The van der Waals surface area contributed by atoms with Crippen LogP contribution in [-0.2, 0) is 6.18 Å². The fourth-order valence-corrected chi connectivity index (χ4v) is 2.13. The molecule has 7 heteroatoms. The van der Waals surface area contributed by atoms with Crippen molar-refractivity contribution in [2.24, 2.45) is 0 Å². The first-order valence-electron chi connectivity index (χ1n) is 6.59. The predicted molar refractivity (Wildman–Crippen MR) is 75.3 cm³/mol. The lowest BCUT2D eigenvalue weighted by Crippen LogP contribution is -2.15. The molecule has 4 nitrogen and oxygen atoms in total. The summed E-state index contributed by atoms with van der Waals surface area (Å²) in [6.07, 6.45) is -3.10. The number of para-hydroxylation sites is 1. The Labute approximate surface area is 124 Å². The van der Waals surface area contributed by atoms with E-state index in [4.69, 9.17) is 4.42 Å². The number of furan rings is 1. The average Bonchev–Trinajstić information content (AvgIpc) is 3.00. The summed E-state index contributed by atoms with van der Waals surface area (Å²) < 4.78 is 44.1. The number of alkyl halides is 3. The molecule has 0 spiro atoms. The molecule has 0 aliphatic heterocycles. The summed E-state index contributed by atoms with van der Waals surface area (Å²) in [5, 5.41) is 3.48. The molecule has 1 atom stereocenters. The largest absolute Gasteiger partial charge is 0.467 e. The zero-order valence-corrected chi connectivity index (χ0v) is 11.6. The summed E-state index contributed by atoms with van der Waals surface area (Å²) in [5.74, 6) is -0.432. The minimum absolute atomic E-state index is 0.127. The Morgan fingerprint density at radius 2 is 1.86 bits per heavy atom. The van der Waals surface area contributed by atoms with Gasteiger partial charge in [0, 0.05) is 5.39 Å². The lowest BCUT2D eigenvalue weighted by molar-refractivity contribution is -0.144. The van der Waals surface area contributed by atoms with E-state index in [2.05, 4.69) is 15.3 Å². The van der Waals surface area contributed by atoms with Gasteiger partial charge in [-0.15, -0.1) is 0 Å².